The van der Waals surface area contributed by atoms with Gasteiger partial charge in [0.05, 0.1) is 13.2 Å². The van der Waals surface area contributed by atoms with Gasteiger partial charge < -0.3 is 19.5 Å². The van der Waals surface area contributed by atoms with E-state index in [9.17, 15) is 0 Å². The summed E-state index contributed by atoms with van der Waals surface area (Å²) >= 11 is 0. The van der Waals surface area contributed by atoms with Gasteiger partial charge >= 0.3 is 0 Å². The van der Waals surface area contributed by atoms with Gasteiger partial charge in [-0.2, -0.15) is 0 Å². The molecule has 0 radical (unpaired) electrons. The van der Waals surface area contributed by atoms with Crippen LogP contribution in [0.15, 0.2) is 30.3 Å². The fourth-order valence-corrected chi connectivity index (χ4v) is 1.58. The molecule has 0 heterocycles. The van der Waals surface area contributed by atoms with Crippen LogP contribution in [0.25, 0.3) is 0 Å². The van der Waals surface area contributed by atoms with Gasteiger partial charge in [-0.15, -0.1) is 0 Å². The van der Waals surface area contributed by atoms with Crippen molar-refractivity contribution in [3.8, 4) is 5.75 Å². The highest BCUT2D eigenvalue weighted by atomic mass is 16.5. The molecule has 108 valence electrons. The van der Waals surface area contributed by atoms with Crippen LogP contribution in [-0.4, -0.2) is 46.6 Å². The monoisotopic (exact) mass is 267 g/mol. The third-order valence-electron chi connectivity index (χ3n) is 2.57. The van der Waals surface area contributed by atoms with Crippen molar-refractivity contribution in [1.29, 1.82) is 0 Å². The SMILES string of the molecule is COCCCOCCNCCCOc1ccccc1. The lowest BCUT2D eigenvalue weighted by atomic mass is 10.3. The number of benzene rings is 1. The summed E-state index contributed by atoms with van der Waals surface area (Å²) in [5, 5.41) is 3.33. The summed E-state index contributed by atoms with van der Waals surface area (Å²) in [7, 11) is 1.71. The highest BCUT2D eigenvalue weighted by Gasteiger charge is 1.93. The average Bonchev–Trinajstić information content (AvgIpc) is 2.46. The van der Waals surface area contributed by atoms with Crippen LogP contribution in [-0.2, 0) is 9.47 Å². The molecule has 4 nitrogen and oxygen atoms in total. The molecular formula is C15H25NO3. The summed E-state index contributed by atoms with van der Waals surface area (Å²) in [5.74, 6) is 0.934. The standard InChI is InChI=1S/C15H25NO3/c1-17-11-6-12-18-14-10-16-9-5-13-19-15-7-3-2-4-8-15/h2-4,7-8,16H,5-6,9-14H2,1H3. The maximum Gasteiger partial charge on any atom is 0.119 e. The van der Waals surface area contributed by atoms with Crippen molar-refractivity contribution in [3.63, 3.8) is 0 Å². The Balaban J connectivity index is 1.79. The number of hydrogen-bond donors (Lipinski definition) is 1. The first-order chi connectivity index (χ1) is 9.43. The van der Waals surface area contributed by atoms with Crippen LogP contribution >= 0.6 is 0 Å². The molecule has 0 unspecified atom stereocenters. The molecule has 0 saturated carbocycles. The van der Waals surface area contributed by atoms with Gasteiger partial charge in [-0.3, -0.25) is 0 Å². The minimum absolute atomic E-state index is 0.742. The Morgan fingerprint density at radius 2 is 1.74 bits per heavy atom. The number of rotatable bonds is 12. The molecule has 0 saturated heterocycles. The molecule has 1 N–H and O–H groups in total. The molecule has 1 aromatic carbocycles. The summed E-state index contributed by atoms with van der Waals surface area (Å²) < 4.78 is 16.0. The minimum atomic E-state index is 0.742. The predicted molar refractivity (Wildman–Crippen MR) is 76.7 cm³/mol. The van der Waals surface area contributed by atoms with Gasteiger partial charge in [0.1, 0.15) is 5.75 Å². The molecule has 0 aliphatic carbocycles. The third-order valence-corrected chi connectivity index (χ3v) is 2.57. The van der Waals surface area contributed by atoms with Gasteiger partial charge in [0.15, 0.2) is 0 Å². The van der Waals surface area contributed by atoms with Gasteiger partial charge in [0.2, 0.25) is 0 Å². The molecule has 0 amide bonds. The predicted octanol–water partition coefficient (Wildman–Crippen LogP) is 2.10. The van der Waals surface area contributed by atoms with E-state index in [0.29, 0.717) is 0 Å². The normalized spacial score (nSPS) is 10.6. The summed E-state index contributed by atoms with van der Waals surface area (Å²) in [4.78, 5) is 0. The van der Waals surface area contributed by atoms with E-state index < -0.39 is 0 Å². The number of hydrogen-bond acceptors (Lipinski definition) is 4. The van der Waals surface area contributed by atoms with Gasteiger partial charge in [0, 0.05) is 26.9 Å². The molecule has 0 spiro atoms. The second-order valence-electron chi connectivity index (χ2n) is 4.22. The van der Waals surface area contributed by atoms with E-state index in [2.05, 4.69) is 5.32 Å². The zero-order valence-corrected chi connectivity index (χ0v) is 11.8. The van der Waals surface area contributed by atoms with Crippen molar-refractivity contribution in [1.82, 2.24) is 5.32 Å². The van der Waals surface area contributed by atoms with Crippen molar-refractivity contribution in [2.24, 2.45) is 0 Å². The van der Waals surface area contributed by atoms with Gasteiger partial charge in [-0.25, -0.2) is 0 Å². The van der Waals surface area contributed by atoms with Crippen LogP contribution in [0.2, 0.25) is 0 Å². The molecule has 0 aliphatic heterocycles. The van der Waals surface area contributed by atoms with Crippen LogP contribution in [0, 0.1) is 0 Å². The summed E-state index contributed by atoms with van der Waals surface area (Å²) in [6.07, 6.45) is 1.96. The summed E-state index contributed by atoms with van der Waals surface area (Å²) in [6.45, 7) is 4.87. The molecule has 0 aliphatic rings. The zero-order chi connectivity index (χ0) is 13.6. The topological polar surface area (TPSA) is 39.7 Å². The Bertz CT molecular complexity index is 293. The smallest absolute Gasteiger partial charge is 0.119 e. The highest BCUT2D eigenvalue weighted by molar-refractivity contribution is 5.20. The number of para-hydroxylation sites is 1. The fraction of sp³-hybridized carbons (Fsp3) is 0.600. The van der Waals surface area contributed by atoms with Gasteiger partial charge in [-0.05, 0) is 31.5 Å². The van der Waals surface area contributed by atoms with E-state index in [0.717, 1.165) is 58.1 Å². The van der Waals surface area contributed by atoms with Crippen LogP contribution in [0.4, 0.5) is 0 Å². The van der Waals surface area contributed by atoms with Gasteiger partial charge in [-0.1, -0.05) is 18.2 Å². The van der Waals surface area contributed by atoms with Gasteiger partial charge in [0.25, 0.3) is 0 Å². The van der Waals surface area contributed by atoms with E-state index in [4.69, 9.17) is 14.2 Å². The lowest BCUT2D eigenvalue weighted by Crippen LogP contribution is -2.22. The molecule has 0 bridgehead atoms. The number of nitrogens with one attached hydrogen (secondary N) is 1. The largest absolute Gasteiger partial charge is 0.494 e. The lowest BCUT2D eigenvalue weighted by Gasteiger charge is -2.07. The molecule has 4 heteroatoms. The fourth-order valence-electron chi connectivity index (χ4n) is 1.58. The maximum absolute atomic E-state index is 5.59. The van der Waals surface area contributed by atoms with Crippen molar-refractivity contribution in [2.45, 2.75) is 12.8 Å². The molecule has 19 heavy (non-hydrogen) atoms. The van der Waals surface area contributed by atoms with Crippen LogP contribution in [0.5, 0.6) is 5.75 Å². The Labute approximate surface area is 116 Å². The number of ether oxygens (including phenoxy) is 3. The van der Waals surface area contributed by atoms with E-state index in [1.807, 2.05) is 30.3 Å². The molecule has 0 fully saturated rings. The van der Waals surface area contributed by atoms with Crippen molar-refractivity contribution >= 4 is 0 Å². The van der Waals surface area contributed by atoms with E-state index in [1.54, 1.807) is 7.11 Å². The van der Waals surface area contributed by atoms with Crippen LogP contribution in [0.3, 0.4) is 0 Å². The Morgan fingerprint density at radius 1 is 0.895 bits per heavy atom. The first kappa shape index (κ1) is 16.0. The van der Waals surface area contributed by atoms with Crippen molar-refractivity contribution < 1.29 is 14.2 Å². The second kappa shape index (κ2) is 12.0. The highest BCUT2D eigenvalue weighted by Crippen LogP contribution is 2.07. The van der Waals surface area contributed by atoms with Crippen molar-refractivity contribution in [2.75, 3.05) is 46.6 Å². The lowest BCUT2D eigenvalue weighted by molar-refractivity contribution is 0.104. The molecular weight excluding hydrogens is 242 g/mol. The zero-order valence-electron chi connectivity index (χ0n) is 11.8. The minimum Gasteiger partial charge on any atom is -0.494 e. The molecule has 1 rings (SSSR count). The Morgan fingerprint density at radius 3 is 2.53 bits per heavy atom. The first-order valence-corrected chi connectivity index (χ1v) is 6.88. The molecule has 1 aromatic rings. The van der Waals surface area contributed by atoms with E-state index >= 15 is 0 Å². The van der Waals surface area contributed by atoms with E-state index in [-0.39, 0.29) is 0 Å². The summed E-state index contributed by atoms with van der Waals surface area (Å²) in [6, 6.07) is 9.90. The average molecular weight is 267 g/mol. The maximum atomic E-state index is 5.59. The summed E-state index contributed by atoms with van der Waals surface area (Å²) in [5.41, 5.74) is 0. The Hall–Kier alpha value is -1.10. The molecule has 0 atom stereocenters. The third kappa shape index (κ3) is 9.47. The van der Waals surface area contributed by atoms with E-state index in [1.165, 1.54) is 0 Å². The number of methoxy groups -OCH3 is 1. The van der Waals surface area contributed by atoms with Crippen LogP contribution < -0.4 is 10.1 Å². The quantitative estimate of drug-likeness (QED) is 0.589. The second-order valence-corrected chi connectivity index (χ2v) is 4.22. The van der Waals surface area contributed by atoms with Crippen molar-refractivity contribution in [3.05, 3.63) is 30.3 Å². The Kier molecular flexibility index (Phi) is 10.0. The van der Waals surface area contributed by atoms with Crippen LogP contribution in [0.1, 0.15) is 12.8 Å². The molecule has 0 aromatic heterocycles. The first-order valence-electron chi connectivity index (χ1n) is 6.88.